The van der Waals surface area contributed by atoms with E-state index >= 15 is 0 Å². The minimum Gasteiger partial charge on any atom is -0.481 e. The highest BCUT2D eigenvalue weighted by Crippen LogP contribution is 2.25. The number of fused-ring (bicyclic) bond motifs is 1. The minimum atomic E-state index is -0.792. The van der Waals surface area contributed by atoms with E-state index in [-0.39, 0.29) is 18.5 Å². The van der Waals surface area contributed by atoms with Crippen molar-refractivity contribution in [2.75, 3.05) is 0 Å². The van der Waals surface area contributed by atoms with Crippen molar-refractivity contribution < 1.29 is 14.3 Å². The molecule has 2 amide bonds. The van der Waals surface area contributed by atoms with Gasteiger partial charge in [0.2, 0.25) is 5.91 Å². The fourth-order valence-corrected chi connectivity index (χ4v) is 4.03. The molecule has 0 radical (unpaired) electrons. The van der Waals surface area contributed by atoms with Gasteiger partial charge in [-0.2, -0.15) is 0 Å². The Balaban J connectivity index is 1.53. The summed E-state index contributed by atoms with van der Waals surface area (Å²) in [5.74, 6) is -0.272. The third-order valence-electron chi connectivity index (χ3n) is 5.29. The highest BCUT2D eigenvalue weighted by molar-refractivity contribution is 7.18. The summed E-state index contributed by atoms with van der Waals surface area (Å²) in [7, 11) is 0. The first-order valence-electron chi connectivity index (χ1n) is 9.95. The summed E-state index contributed by atoms with van der Waals surface area (Å²) in [6, 6.07) is 5.62. The molecule has 0 aliphatic carbocycles. The highest BCUT2D eigenvalue weighted by Gasteiger charge is 2.17. The van der Waals surface area contributed by atoms with Crippen LogP contribution in [0.2, 0.25) is 0 Å². The Bertz CT molecular complexity index is 1200. The van der Waals surface area contributed by atoms with Gasteiger partial charge in [0.1, 0.15) is 10.6 Å². The van der Waals surface area contributed by atoms with E-state index < -0.39 is 17.9 Å². The molecular weight excluding hydrogens is 416 g/mol. The number of nitrogens with zero attached hydrogens (tertiary/aromatic N) is 2. The standard InChI is InChI=1S/C22H26N4O4S/c1-12-7-6-8-17(13(12)2)30-15(4)20(28)25-24-18(27)9-10-26-11-23-21-19(22(26)29)14(3)16(5)31-21/h6-8,11,15H,9-10H2,1-5H3,(H,24,27)(H,25,28). The van der Waals surface area contributed by atoms with Crippen LogP contribution >= 0.6 is 11.3 Å². The molecule has 1 unspecified atom stereocenters. The smallest absolute Gasteiger partial charge is 0.279 e. The lowest BCUT2D eigenvalue weighted by molar-refractivity contribution is -0.132. The van der Waals surface area contributed by atoms with Crippen molar-refractivity contribution in [1.29, 1.82) is 0 Å². The fourth-order valence-electron chi connectivity index (χ4n) is 3.04. The predicted molar refractivity (Wildman–Crippen MR) is 120 cm³/mol. The van der Waals surface area contributed by atoms with E-state index in [1.165, 1.54) is 22.2 Å². The number of carbonyl (C=O) groups is 2. The number of hydrogen-bond acceptors (Lipinski definition) is 6. The maximum atomic E-state index is 12.7. The van der Waals surface area contributed by atoms with Crippen LogP contribution in [0, 0.1) is 27.7 Å². The quantitative estimate of drug-likeness (QED) is 0.572. The van der Waals surface area contributed by atoms with Crippen LogP contribution in [0.4, 0.5) is 0 Å². The van der Waals surface area contributed by atoms with Gasteiger partial charge in [0.25, 0.3) is 11.5 Å². The Hall–Kier alpha value is -3.20. The van der Waals surface area contributed by atoms with Gasteiger partial charge in [-0.1, -0.05) is 12.1 Å². The third kappa shape index (κ3) is 4.93. The molecule has 164 valence electrons. The fraction of sp³-hybridized carbons (Fsp3) is 0.364. The molecule has 1 atom stereocenters. The van der Waals surface area contributed by atoms with E-state index in [4.69, 9.17) is 4.74 Å². The van der Waals surface area contributed by atoms with Gasteiger partial charge in [-0.25, -0.2) is 4.98 Å². The van der Waals surface area contributed by atoms with Gasteiger partial charge in [0.15, 0.2) is 6.10 Å². The normalized spacial score (nSPS) is 11.9. The Labute approximate surface area is 184 Å². The minimum absolute atomic E-state index is 0.0156. The van der Waals surface area contributed by atoms with Crippen LogP contribution in [0.5, 0.6) is 5.75 Å². The Morgan fingerprint density at radius 2 is 1.90 bits per heavy atom. The summed E-state index contributed by atoms with van der Waals surface area (Å²) in [6.07, 6.45) is 0.674. The van der Waals surface area contributed by atoms with Crippen molar-refractivity contribution in [3.8, 4) is 5.75 Å². The molecule has 0 spiro atoms. The second kappa shape index (κ2) is 9.30. The lowest BCUT2D eigenvalue weighted by Gasteiger charge is -2.17. The van der Waals surface area contributed by atoms with E-state index in [0.29, 0.717) is 16.0 Å². The molecule has 3 rings (SSSR count). The molecule has 8 nitrogen and oxygen atoms in total. The number of hydrazine groups is 1. The first kappa shape index (κ1) is 22.5. The van der Waals surface area contributed by atoms with Crippen LogP contribution in [0.1, 0.15) is 34.9 Å². The second-order valence-electron chi connectivity index (χ2n) is 7.45. The van der Waals surface area contributed by atoms with Crippen molar-refractivity contribution in [2.45, 2.75) is 53.7 Å². The summed E-state index contributed by atoms with van der Waals surface area (Å²) < 4.78 is 7.11. The maximum Gasteiger partial charge on any atom is 0.279 e. The van der Waals surface area contributed by atoms with Gasteiger partial charge in [0, 0.05) is 17.8 Å². The number of thiophene rings is 1. The largest absolute Gasteiger partial charge is 0.481 e. The van der Waals surface area contributed by atoms with Crippen molar-refractivity contribution in [3.63, 3.8) is 0 Å². The van der Waals surface area contributed by atoms with Crippen molar-refractivity contribution in [1.82, 2.24) is 20.4 Å². The molecule has 2 N–H and O–H groups in total. The number of amides is 2. The summed E-state index contributed by atoms with van der Waals surface area (Å²) in [5.41, 5.74) is 7.50. The topological polar surface area (TPSA) is 102 Å². The summed E-state index contributed by atoms with van der Waals surface area (Å²) in [4.78, 5) is 43.1. The molecule has 3 aromatic rings. The van der Waals surface area contributed by atoms with E-state index in [1.54, 1.807) is 13.0 Å². The average molecular weight is 443 g/mol. The lowest BCUT2D eigenvalue weighted by Crippen LogP contribution is -2.47. The van der Waals surface area contributed by atoms with E-state index in [1.807, 2.05) is 39.8 Å². The van der Waals surface area contributed by atoms with E-state index in [0.717, 1.165) is 21.6 Å². The molecule has 2 aromatic heterocycles. The number of aromatic nitrogens is 2. The van der Waals surface area contributed by atoms with Gasteiger partial charge in [-0.05, 0) is 57.4 Å². The van der Waals surface area contributed by atoms with Gasteiger partial charge in [-0.3, -0.25) is 29.8 Å². The van der Waals surface area contributed by atoms with Gasteiger partial charge in [-0.15, -0.1) is 11.3 Å². The van der Waals surface area contributed by atoms with Crippen molar-refractivity contribution in [2.24, 2.45) is 0 Å². The molecule has 9 heteroatoms. The van der Waals surface area contributed by atoms with Gasteiger partial charge in [0.05, 0.1) is 11.7 Å². The van der Waals surface area contributed by atoms with Gasteiger partial charge >= 0.3 is 0 Å². The number of ether oxygens (including phenoxy) is 1. The van der Waals surface area contributed by atoms with E-state index in [2.05, 4.69) is 15.8 Å². The molecule has 0 fully saturated rings. The highest BCUT2D eigenvalue weighted by atomic mass is 32.1. The number of carbonyl (C=O) groups excluding carboxylic acids is 2. The SMILES string of the molecule is Cc1cccc(OC(C)C(=O)NNC(=O)CCn2cnc3sc(C)c(C)c3c2=O)c1C. The maximum absolute atomic E-state index is 12.7. The van der Waals surface area contributed by atoms with Crippen molar-refractivity contribution >= 4 is 33.4 Å². The Kier molecular flexibility index (Phi) is 6.74. The van der Waals surface area contributed by atoms with Crippen LogP contribution in [0.15, 0.2) is 29.3 Å². The molecule has 31 heavy (non-hydrogen) atoms. The second-order valence-corrected chi connectivity index (χ2v) is 8.66. The first-order valence-corrected chi connectivity index (χ1v) is 10.8. The predicted octanol–water partition coefficient (Wildman–Crippen LogP) is 2.70. The molecule has 0 aliphatic heterocycles. The molecule has 0 bridgehead atoms. The first-order chi connectivity index (χ1) is 14.7. The zero-order valence-electron chi connectivity index (χ0n) is 18.2. The van der Waals surface area contributed by atoms with E-state index in [9.17, 15) is 14.4 Å². The third-order valence-corrected chi connectivity index (χ3v) is 6.40. The Morgan fingerprint density at radius 3 is 2.65 bits per heavy atom. The summed E-state index contributed by atoms with van der Waals surface area (Å²) in [6.45, 7) is 9.50. The number of benzene rings is 1. The molecule has 0 aliphatic rings. The lowest BCUT2D eigenvalue weighted by atomic mass is 10.1. The average Bonchev–Trinajstić information content (AvgIpc) is 3.03. The van der Waals surface area contributed by atoms with Crippen LogP contribution in [-0.2, 0) is 16.1 Å². The number of hydrogen-bond donors (Lipinski definition) is 2. The van der Waals surface area contributed by atoms with Gasteiger partial charge < -0.3 is 4.74 Å². The zero-order valence-corrected chi connectivity index (χ0v) is 19.1. The molecule has 0 saturated carbocycles. The summed E-state index contributed by atoms with van der Waals surface area (Å²) >= 11 is 1.48. The molecular formula is C22H26N4O4S. The molecule has 1 aromatic carbocycles. The number of nitrogens with one attached hydrogen (secondary N) is 2. The molecule has 2 heterocycles. The van der Waals surface area contributed by atoms with Crippen molar-refractivity contribution in [3.05, 3.63) is 56.4 Å². The van der Waals surface area contributed by atoms with Crippen LogP contribution in [-0.4, -0.2) is 27.5 Å². The monoisotopic (exact) mass is 442 g/mol. The zero-order chi connectivity index (χ0) is 22.7. The Morgan fingerprint density at radius 1 is 1.16 bits per heavy atom. The van der Waals surface area contributed by atoms with Crippen LogP contribution < -0.4 is 21.1 Å². The summed E-state index contributed by atoms with van der Waals surface area (Å²) in [5, 5.41) is 0.594. The van der Waals surface area contributed by atoms with Crippen LogP contribution in [0.3, 0.4) is 0 Å². The molecule has 0 saturated heterocycles. The number of aryl methyl sites for hydroxylation is 4. The number of rotatable bonds is 6. The van der Waals surface area contributed by atoms with Crippen LogP contribution in [0.25, 0.3) is 10.2 Å².